The van der Waals surface area contributed by atoms with Gasteiger partial charge < -0.3 is 4.42 Å². The van der Waals surface area contributed by atoms with Crippen LogP contribution in [0.2, 0.25) is 0 Å². The third-order valence-corrected chi connectivity index (χ3v) is 4.30. The summed E-state index contributed by atoms with van der Waals surface area (Å²) in [5, 5.41) is 8.22. The number of hydrogen-bond donors (Lipinski definition) is 0. The molecule has 0 radical (unpaired) electrons. The largest absolute Gasteiger partial charge is 0.419 e. The fourth-order valence-electron chi connectivity index (χ4n) is 3.00. The molecule has 6 heteroatoms. The summed E-state index contributed by atoms with van der Waals surface area (Å²) in [4.78, 5) is 12.7. The number of nitrogens with zero attached hydrogens (tertiary/aromatic N) is 4. The van der Waals surface area contributed by atoms with E-state index in [9.17, 15) is 4.79 Å². The summed E-state index contributed by atoms with van der Waals surface area (Å²) in [5.74, 6) is 0.874. The maximum absolute atomic E-state index is 12.7. The van der Waals surface area contributed by atoms with Crippen molar-refractivity contribution >= 4 is 11.0 Å². The van der Waals surface area contributed by atoms with Gasteiger partial charge in [0.15, 0.2) is 0 Å². The summed E-state index contributed by atoms with van der Waals surface area (Å²) in [5.41, 5.74) is 3.74. The van der Waals surface area contributed by atoms with Crippen LogP contribution in [0.4, 0.5) is 0 Å². The summed E-state index contributed by atoms with van der Waals surface area (Å²) in [6.45, 7) is 4.86. The second-order valence-electron chi connectivity index (χ2n) is 5.97. The smallest absolute Gasteiger partial charge is 0.329 e. The average Bonchev–Trinajstić information content (AvgIpc) is 3.19. The van der Waals surface area contributed by atoms with E-state index in [1.54, 1.807) is 9.13 Å². The van der Waals surface area contributed by atoms with Crippen LogP contribution in [0.1, 0.15) is 18.4 Å². The maximum atomic E-state index is 12.7. The Morgan fingerprint density at radius 1 is 0.960 bits per heavy atom. The molecular weight excluding hydrogens is 316 g/mol. The van der Waals surface area contributed by atoms with Crippen molar-refractivity contribution in [2.75, 3.05) is 0 Å². The van der Waals surface area contributed by atoms with Crippen molar-refractivity contribution in [2.45, 2.75) is 26.9 Å². The van der Waals surface area contributed by atoms with Crippen molar-refractivity contribution in [2.24, 2.45) is 0 Å². The van der Waals surface area contributed by atoms with Gasteiger partial charge in [0.1, 0.15) is 6.54 Å². The molecule has 126 valence electrons. The van der Waals surface area contributed by atoms with Gasteiger partial charge in [-0.05, 0) is 38.1 Å². The van der Waals surface area contributed by atoms with Crippen LogP contribution >= 0.6 is 0 Å². The number of benzene rings is 2. The molecule has 2 aromatic carbocycles. The van der Waals surface area contributed by atoms with Crippen LogP contribution in [0.5, 0.6) is 0 Å². The molecule has 0 aliphatic heterocycles. The van der Waals surface area contributed by atoms with Gasteiger partial charge in [-0.25, -0.2) is 4.79 Å². The van der Waals surface area contributed by atoms with E-state index in [-0.39, 0.29) is 12.2 Å². The van der Waals surface area contributed by atoms with E-state index >= 15 is 0 Å². The highest BCUT2D eigenvalue weighted by atomic mass is 16.4. The molecule has 25 heavy (non-hydrogen) atoms. The summed E-state index contributed by atoms with van der Waals surface area (Å²) in [6, 6.07) is 15.6. The molecule has 4 aromatic rings. The van der Waals surface area contributed by atoms with Gasteiger partial charge in [0.2, 0.25) is 11.8 Å². The Morgan fingerprint density at radius 3 is 2.32 bits per heavy atom. The van der Waals surface area contributed by atoms with Crippen LogP contribution in [-0.4, -0.2) is 19.3 Å². The van der Waals surface area contributed by atoms with Crippen LogP contribution in [0.3, 0.4) is 0 Å². The zero-order valence-electron chi connectivity index (χ0n) is 14.1. The predicted molar refractivity (Wildman–Crippen MR) is 95.4 cm³/mol. The molecule has 0 unspecified atom stereocenters. The van der Waals surface area contributed by atoms with E-state index in [0.29, 0.717) is 18.3 Å². The first-order chi connectivity index (χ1) is 12.2. The fraction of sp³-hybridized carbons (Fsp3) is 0.211. The molecule has 4 rings (SSSR count). The van der Waals surface area contributed by atoms with E-state index in [0.717, 1.165) is 16.6 Å². The second kappa shape index (κ2) is 6.05. The van der Waals surface area contributed by atoms with Crippen LogP contribution in [0, 0.1) is 6.92 Å². The Kier molecular flexibility index (Phi) is 3.72. The summed E-state index contributed by atoms with van der Waals surface area (Å²) in [7, 11) is 0. The Morgan fingerprint density at radius 2 is 1.64 bits per heavy atom. The van der Waals surface area contributed by atoms with Crippen molar-refractivity contribution < 1.29 is 4.42 Å². The van der Waals surface area contributed by atoms with Crippen molar-refractivity contribution in [3.05, 3.63) is 70.5 Å². The van der Waals surface area contributed by atoms with Gasteiger partial charge in [0, 0.05) is 12.1 Å². The first kappa shape index (κ1) is 15.4. The molecule has 0 atom stereocenters. The van der Waals surface area contributed by atoms with Crippen LogP contribution in [-0.2, 0) is 13.1 Å². The molecule has 0 spiro atoms. The van der Waals surface area contributed by atoms with Crippen molar-refractivity contribution in [1.82, 2.24) is 19.3 Å². The Bertz CT molecular complexity index is 1090. The molecule has 0 aliphatic rings. The van der Waals surface area contributed by atoms with Gasteiger partial charge in [-0.3, -0.25) is 9.13 Å². The number of fused-ring (bicyclic) bond motifs is 1. The van der Waals surface area contributed by atoms with Crippen molar-refractivity contribution in [1.29, 1.82) is 0 Å². The van der Waals surface area contributed by atoms with E-state index in [1.165, 1.54) is 5.56 Å². The third-order valence-electron chi connectivity index (χ3n) is 4.30. The first-order valence-corrected chi connectivity index (χ1v) is 8.25. The SMILES string of the molecule is CCn1c(=O)n(Cc2nnc(-c3ccc(C)cc3)o2)c2ccccc21. The summed E-state index contributed by atoms with van der Waals surface area (Å²) in [6.07, 6.45) is 0. The quantitative estimate of drug-likeness (QED) is 0.575. The number of aryl methyl sites for hydroxylation is 2. The lowest BCUT2D eigenvalue weighted by Crippen LogP contribution is -2.24. The molecule has 0 N–H and O–H groups in total. The summed E-state index contributed by atoms with van der Waals surface area (Å²) < 4.78 is 9.18. The monoisotopic (exact) mass is 334 g/mol. The Labute approximate surface area is 144 Å². The van der Waals surface area contributed by atoms with E-state index in [1.807, 2.05) is 62.4 Å². The van der Waals surface area contributed by atoms with Gasteiger partial charge in [-0.1, -0.05) is 29.8 Å². The maximum Gasteiger partial charge on any atom is 0.329 e. The molecule has 0 fully saturated rings. The van der Waals surface area contributed by atoms with Crippen LogP contribution in [0.25, 0.3) is 22.5 Å². The molecule has 6 nitrogen and oxygen atoms in total. The van der Waals surface area contributed by atoms with Crippen molar-refractivity contribution in [3.8, 4) is 11.5 Å². The molecule has 0 saturated heterocycles. The van der Waals surface area contributed by atoms with E-state index in [4.69, 9.17) is 4.42 Å². The molecule has 2 aromatic heterocycles. The lowest BCUT2D eigenvalue weighted by Gasteiger charge is -1.99. The Hall–Kier alpha value is -3.15. The molecule has 0 saturated carbocycles. The molecule has 2 heterocycles. The standard InChI is InChI=1S/C19H18N4O2/c1-3-22-15-6-4-5-7-16(15)23(19(22)24)12-17-20-21-18(25-17)14-10-8-13(2)9-11-14/h4-11H,3,12H2,1-2H3. The highest BCUT2D eigenvalue weighted by Gasteiger charge is 2.15. The molecule has 0 bridgehead atoms. The van der Waals surface area contributed by atoms with Crippen molar-refractivity contribution in [3.63, 3.8) is 0 Å². The van der Waals surface area contributed by atoms with Gasteiger partial charge in [-0.15, -0.1) is 10.2 Å². The third kappa shape index (κ3) is 2.65. The minimum Gasteiger partial charge on any atom is -0.419 e. The minimum absolute atomic E-state index is 0.0706. The number of para-hydroxylation sites is 2. The molecule has 0 aliphatic carbocycles. The number of imidazole rings is 1. The lowest BCUT2D eigenvalue weighted by atomic mass is 10.1. The highest BCUT2D eigenvalue weighted by Crippen LogP contribution is 2.19. The first-order valence-electron chi connectivity index (χ1n) is 8.25. The second-order valence-corrected chi connectivity index (χ2v) is 5.97. The predicted octanol–water partition coefficient (Wildman–Crippen LogP) is 3.23. The van der Waals surface area contributed by atoms with E-state index < -0.39 is 0 Å². The van der Waals surface area contributed by atoms with Gasteiger partial charge in [0.25, 0.3) is 0 Å². The normalized spacial score (nSPS) is 11.3. The zero-order chi connectivity index (χ0) is 17.4. The van der Waals surface area contributed by atoms with Gasteiger partial charge >= 0.3 is 5.69 Å². The molecule has 0 amide bonds. The number of aromatic nitrogens is 4. The van der Waals surface area contributed by atoms with Crippen LogP contribution in [0.15, 0.2) is 57.7 Å². The average molecular weight is 334 g/mol. The zero-order valence-corrected chi connectivity index (χ0v) is 14.1. The summed E-state index contributed by atoms with van der Waals surface area (Å²) >= 11 is 0. The highest BCUT2D eigenvalue weighted by molar-refractivity contribution is 5.76. The number of hydrogen-bond acceptors (Lipinski definition) is 4. The van der Waals surface area contributed by atoms with E-state index in [2.05, 4.69) is 10.2 Å². The number of rotatable bonds is 4. The Balaban J connectivity index is 1.72. The lowest BCUT2D eigenvalue weighted by molar-refractivity contribution is 0.485. The van der Waals surface area contributed by atoms with Gasteiger partial charge in [-0.2, -0.15) is 0 Å². The minimum atomic E-state index is -0.0706. The van der Waals surface area contributed by atoms with Crippen LogP contribution < -0.4 is 5.69 Å². The fourth-order valence-corrected chi connectivity index (χ4v) is 3.00. The topological polar surface area (TPSA) is 65.8 Å². The van der Waals surface area contributed by atoms with Gasteiger partial charge in [0.05, 0.1) is 11.0 Å². The molecular formula is C19H18N4O2.